The van der Waals surface area contributed by atoms with Gasteiger partial charge in [-0.05, 0) is 29.9 Å². The van der Waals surface area contributed by atoms with Crippen LogP contribution in [-0.4, -0.2) is 5.11 Å². The standard InChI is InChI=1S/C15H22O/c1-4-5-12(2)13(3)10-14-6-8-15(11-16)9-7-14/h6-9,13,16H,2,4-5,10-11H2,1,3H3. The highest BCUT2D eigenvalue weighted by atomic mass is 16.3. The summed E-state index contributed by atoms with van der Waals surface area (Å²) in [6.45, 7) is 8.68. The van der Waals surface area contributed by atoms with Gasteiger partial charge in [0.15, 0.2) is 0 Å². The van der Waals surface area contributed by atoms with Gasteiger partial charge >= 0.3 is 0 Å². The van der Waals surface area contributed by atoms with Crippen molar-refractivity contribution in [2.45, 2.75) is 39.7 Å². The summed E-state index contributed by atoms with van der Waals surface area (Å²) in [5.74, 6) is 0.542. The molecule has 0 spiro atoms. The van der Waals surface area contributed by atoms with Crippen LogP contribution in [0.2, 0.25) is 0 Å². The summed E-state index contributed by atoms with van der Waals surface area (Å²) in [5.41, 5.74) is 3.64. The van der Waals surface area contributed by atoms with Gasteiger partial charge in [0, 0.05) is 0 Å². The molecule has 0 radical (unpaired) electrons. The minimum absolute atomic E-state index is 0.123. The van der Waals surface area contributed by atoms with Crippen molar-refractivity contribution in [3.05, 3.63) is 47.5 Å². The normalized spacial score (nSPS) is 12.4. The summed E-state index contributed by atoms with van der Waals surface area (Å²) in [6.07, 6.45) is 3.34. The van der Waals surface area contributed by atoms with Crippen LogP contribution in [0.5, 0.6) is 0 Å². The first-order valence-corrected chi connectivity index (χ1v) is 6.03. The lowest BCUT2D eigenvalue weighted by Gasteiger charge is -2.14. The first-order valence-electron chi connectivity index (χ1n) is 6.03. The van der Waals surface area contributed by atoms with Gasteiger partial charge in [0.2, 0.25) is 0 Å². The van der Waals surface area contributed by atoms with Crippen LogP contribution in [-0.2, 0) is 13.0 Å². The van der Waals surface area contributed by atoms with E-state index in [0.717, 1.165) is 18.4 Å². The van der Waals surface area contributed by atoms with Gasteiger partial charge < -0.3 is 5.11 Å². The quantitative estimate of drug-likeness (QED) is 0.722. The zero-order chi connectivity index (χ0) is 12.0. The monoisotopic (exact) mass is 218 g/mol. The van der Waals surface area contributed by atoms with Crippen LogP contribution in [0.4, 0.5) is 0 Å². The van der Waals surface area contributed by atoms with E-state index in [9.17, 15) is 0 Å². The lowest BCUT2D eigenvalue weighted by molar-refractivity contribution is 0.282. The summed E-state index contributed by atoms with van der Waals surface area (Å²) < 4.78 is 0. The molecule has 88 valence electrons. The molecule has 0 aliphatic heterocycles. The van der Waals surface area contributed by atoms with E-state index in [-0.39, 0.29) is 6.61 Å². The Morgan fingerprint density at radius 3 is 2.31 bits per heavy atom. The number of rotatable bonds is 6. The van der Waals surface area contributed by atoms with Crippen molar-refractivity contribution >= 4 is 0 Å². The van der Waals surface area contributed by atoms with E-state index in [1.165, 1.54) is 17.6 Å². The van der Waals surface area contributed by atoms with Gasteiger partial charge in [-0.2, -0.15) is 0 Å². The van der Waals surface area contributed by atoms with Gasteiger partial charge in [-0.15, -0.1) is 0 Å². The Bertz CT molecular complexity index is 324. The molecule has 1 atom stereocenters. The zero-order valence-corrected chi connectivity index (χ0v) is 10.4. The molecule has 0 saturated carbocycles. The molecule has 0 amide bonds. The molecule has 0 aromatic heterocycles. The van der Waals surface area contributed by atoms with Gasteiger partial charge in [0.1, 0.15) is 0 Å². The van der Waals surface area contributed by atoms with E-state index in [1.807, 2.05) is 12.1 Å². The van der Waals surface area contributed by atoms with Crippen LogP contribution in [0.1, 0.15) is 37.8 Å². The minimum atomic E-state index is 0.123. The number of benzene rings is 1. The Labute approximate surface area is 98.8 Å². The second-order valence-corrected chi connectivity index (χ2v) is 4.49. The van der Waals surface area contributed by atoms with Crippen molar-refractivity contribution in [3.63, 3.8) is 0 Å². The van der Waals surface area contributed by atoms with E-state index in [2.05, 4.69) is 32.6 Å². The Kier molecular flexibility index (Phi) is 5.27. The van der Waals surface area contributed by atoms with Gasteiger partial charge in [-0.1, -0.05) is 56.7 Å². The molecule has 1 heteroatoms. The average Bonchev–Trinajstić information content (AvgIpc) is 2.30. The first-order chi connectivity index (χ1) is 7.67. The van der Waals surface area contributed by atoms with Crippen LogP contribution < -0.4 is 0 Å². The second-order valence-electron chi connectivity index (χ2n) is 4.49. The third kappa shape index (κ3) is 3.82. The number of aliphatic hydroxyl groups is 1. The van der Waals surface area contributed by atoms with Crippen LogP contribution >= 0.6 is 0 Å². The molecule has 0 fully saturated rings. The summed E-state index contributed by atoms with van der Waals surface area (Å²) in [7, 11) is 0. The molecule has 1 unspecified atom stereocenters. The summed E-state index contributed by atoms with van der Waals surface area (Å²) in [4.78, 5) is 0. The molecule has 0 heterocycles. The highest BCUT2D eigenvalue weighted by molar-refractivity contribution is 5.23. The van der Waals surface area contributed by atoms with E-state index in [4.69, 9.17) is 5.11 Å². The van der Waals surface area contributed by atoms with Crippen molar-refractivity contribution in [3.8, 4) is 0 Å². The number of aliphatic hydroxyl groups excluding tert-OH is 1. The fourth-order valence-corrected chi connectivity index (χ4v) is 1.85. The Hall–Kier alpha value is -1.08. The smallest absolute Gasteiger partial charge is 0.0681 e. The lowest BCUT2D eigenvalue weighted by Crippen LogP contribution is -2.02. The van der Waals surface area contributed by atoms with Crippen molar-refractivity contribution in [1.82, 2.24) is 0 Å². The molecule has 1 nitrogen and oxygen atoms in total. The summed E-state index contributed by atoms with van der Waals surface area (Å²) in [6, 6.07) is 8.18. The fourth-order valence-electron chi connectivity index (χ4n) is 1.85. The first kappa shape index (κ1) is 13.0. The molecule has 1 aromatic rings. The predicted octanol–water partition coefficient (Wildman–Crippen LogP) is 3.71. The van der Waals surface area contributed by atoms with Crippen LogP contribution in [0.3, 0.4) is 0 Å². The second kappa shape index (κ2) is 6.49. The highest BCUT2D eigenvalue weighted by Gasteiger charge is 2.06. The third-order valence-electron chi connectivity index (χ3n) is 3.02. The molecule has 0 aliphatic carbocycles. The minimum Gasteiger partial charge on any atom is -0.392 e. The van der Waals surface area contributed by atoms with E-state index in [0.29, 0.717) is 5.92 Å². The predicted molar refractivity (Wildman–Crippen MR) is 69.3 cm³/mol. The maximum Gasteiger partial charge on any atom is 0.0681 e. The van der Waals surface area contributed by atoms with Gasteiger partial charge in [-0.25, -0.2) is 0 Å². The Morgan fingerprint density at radius 1 is 1.25 bits per heavy atom. The third-order valence-corrected chi connectivity index (χ3v) is 3.02. The van der Waals surface area contributed by atoms with Crippen LogP contribution in [0.15, 0.2) is 36.4 Å². The van der Waals surface area contributed by atoms with Crippen LogP contribution in [0, 0.1) is 5.92 Å². The molecule has 0 saturated heterocycles. The molecule has 0 bridgehead atoms. The topological polar surface area (TPSA) is 20.2 Å². The zero-order valence-electron chi connectivity index (χ0n) is 10.4. The number of allylic oxidation sites excluding steroid dienone is 1. The maximum absolute atomic E-state index is 8.95. The number of hydrogen-bond donors (Lipinski definition) is 1. The molecule has 1 aromatic carbocycles. The molecule has 0 aliphatic rings. The largest absolute Gasteiger partial charge is 0.392 e. The van der Waals surface area contributed by atoms with Crippen molar-refractivity contribution in [2.75, 3.05) is 0 Å². The maximum atomic E-state index is 8.95. The Morgan fingerprint density at radius 2 is 1.81 bits per heavy atom. The molecular formula is C15H22O. The Balaban J connectivity index is 2.55. The van der Waals surface area contributed by atoms with Crippen LogP contribution in [0.25, 0.3) is 0 Å². The lowest BCUT2D eigenvalue weighted by atomic mass is 9.92. The molecule has 1 rings (SSSR count). The highest BCUT2D eigenvalue weighted by Crippen LogP contribution is 2.19. The average molecular weight is 218 g/mol. The van der Waals surface area contributed by atoms with Gasteiger partial charge in [0.05, 0.1) is 6.61 Å². The van der Waals surface area contributed by atoms with Crippen molar-refractivity contribution < 1.29 is 5.11 Å². The van der Waals surface area contributed by atoms with E-state index in [1.54, 1.807) is 0 Å². The molecule has 1 N–H and O–H groups in total. The van der Waals surface area contributed by atoms with E-state index >= 15 is 0 Å². The van der Waals surface area contributed by atoms with Crippen molar-refractivity contribution in [1.29, 1.82) is 0 Å². The van der Waals surface area contributed by atoms with Crippen molar-refractivity contribution in [2.24, 2.45) is 5.92 Å². The fraction of sp³-hybridized carbons (Fsp3) is 0.467. The number of hydrogen-bond acceptors (Lipinski definition) is 1. The van der Waals surface area contributed by atoms with E-state index < -0.39 is 0 Å². The SMILES string of the molecule is C=C(CCC)C(C)Cc1ccc(CO)cc1. The molecular weight excluding hydrogens is 196 g/mol. The summed E-state index contributed by atoms with van der Waals surface area (Å²) in [5, 5.41) is 8.95. The van der Waals surface area contributed by atoms with Gasteiger partial charge in [-0.3, -0.25) is 0 Å². The van der Waals surface area contributed by atoms with Gasteiger partial charge in [0.25, 0.3) is 0 Å². The summed E-state index contributed by atoms with van der Waals surface area (Å²) >= 11 is 0. The molecule has 16 heavy (non-hydrogen) atoms.